The zero-order chi connectivity index (χ0) is 27.6. The van der Waals surface area contributed by atoms with E-state index in [9.17, 15) is 0 Å². The number of halogens is 2. The quantitative estimate of drug-likeness (QED) is 0.184. The fourth-order valence-electron chi connectivity index (χ4n) is 5.12. The van der Waals surface area contributed by atoms with Gasteiger partial charge in [0.1, 0.15) is 0 Å². The summed E-state index contributed by atoms with van der Waals surface area (Å²) in [5, 5.41) is 3.20. The van der Waals surface area contributed by atoms with E-state index in [1.54, 1.807) is 0 Å². The Morgan fingerprint density at radius 1 is 0.550 bits per heavy atom. The molecule has 0 atom stereocenters. The van der Waals surface area contributed by atoms with E-state index in [-0.39, 0.29) is 0 Å². The molecule has 40 heavy (non-hydrogen) atoms. The predicted molar refractivity (Wildman–Crippen MR) is 179 cm³/mol. The Balaban J connectivity index is 0.00000142. The van der Waals surface area contributed by atoms with E-state index >= 15 is 0 Å². The van der Waals surface area contributed by atoms with Gasteiger partial charge in [-0.3, -0.25) is 0 Å². The number of thiophene rings is 1. The van der Waals surface area contributed by atoms with Crippen molar-refractivity contribution < 1.29 is 0 Å². The van der Waals surface area contributed by atoms with Gasteiger partial charge in [0.25, 0.3) is 0 Å². The largest absolute Gasteiger partial charge is 0.309 e. The van der Waals surface area contributed by atoms with E-state index < -0.39 is 0 Å². The molecule has 0 aliphatic heterocycles. The van der Waals surface area contributed by atoms with Crippen LogP contribution in [0.3, 0.4) is 0 Å². The summed E-state index contributed by atoms with van der Waals surface area (Å²) in [6.07, 6.45) is 0. The fourth-order valence-corrected chi connectivity index (χ4v) is 6.62. The van der Waals surface area contributed by atoms with Crippen molar-refractivity contribution in [2.24, 2.45) is 0 Å². The molecule has 0 saturated carbocycles. The van der Waals surface area contributed by atoms with Gasteiger partial charge in [-0.15, -0.1) is 11.3 Å². The highest BCUT2D eigenvalue weighted by molar-refractivity contribution is 9.10. The highest BCUT2D eigenvalue weighted by Gasteiger charge is 2.14. The Hall–Kier alpha value is -3.63. The van der Waals surface area contributed by atoms with Gasteiger partial charge >= 0.3 is 0 Å². The van der Waals surface area contributed by atoms with Crippen LogP contribution in [0.15, 0.2) is 132 Å². The number of benzene rings is 5. The first-order valence-electron chi connectivity index (χ1n) is 13.4. The van der Waals surface area contributed by atoms with Crippen LogP contribution in [0.1, 0.15) is 13.8 Å². The monoisotopic (exact) mass is 619 g/mol. The maximum absolute atomic E-state index is 6.13. The number of fused-ring (bicyclic) bond motifs is 3. The van der Waals surface area contributed by atoms with Crippen molar-refractivity contribution >= 4 is 60.7 Å². The van der Waals surface area contributed by atoms with Crippen LogP contribution in [0, 0.1) is 0 Å². The Labute approximate surface area is 252 Å². The Kier molecular flexibility index (Phi) is 7.62. The first-order chi connectivity index (χ1) is 19.6. The summed E-state index contributed by atoms with van der Waals surface area (Å²) in [4.78, 5) is 2.56. The maximum atomic E-state index is 6.13. The standard InChI is InChI=1S/C34H21BrClNS.C2H6/c35-26-11-17-32-30(21-26)29-20-25(22-6-12-27(36)13-7-22)10-16-31(29)37(32)28-14-8-24(9-15-28)34-19-18-33(38-34)23-4-2-1-3-5-23;1-2/h1-21H;1-2H3. The third kappa shape index (κ3) is 5.01. The average Bonchev–Trinajstić information content (AvgIpc) is 3.62. The summed E-state index contributed by atoms with van der Waals surface area (Å²) >= 11 is 11.6. The van der Waals surface area contributed by atoms with Crippen LogP contribution < -0.4 is 0 Å². The SMILES string of the molecule is CC.Clc1ccc(-c2ccc3c(c2)c2cc(Br)ccc2n3-c2ccc(-c3ccc(-c4ccccc4)s3)cc2)cc1. The highest BCUT2D eigenvalue weighted by atomic mass is 79.9. The first kappa shape index (κ1) is 26.6. The maximum Gasteiger partial charge on any atom is 0.0541 e. The summed E-state index contributed by atoms with van der Waals surface area (Å²) in [5.41, 5.74) is 8.34. The van der Waals surface area contributed by atoms with Gasteiger partial charge < -0.3 is 4.57 Å². The van der Waals surface area contributed by atoms with E-state index in [2.05, 4.69) is 136 Å². The first-order valence-corrected chi connectivity index (χ1v) is 15.4. The van der Waals surface area contributed by atoms with Crippen molar-refractivity contribution in [3.05, 3.63) is 137 Å². The molecule has 0 saturated heterocycles. The molecular weight excluding hydrogens is 594 g/mol. The lowest BCUT2D eigenvalue weighted by atomic mass is 10.0. The fraction of sp³-hybridized carbons (Fsp3) is 0.0556. The second kappa shape index (κ2) is 11.5. The number of rotatable bonds is 4. The number of nitrogens with zero attached hydrogens (tertiary/aromatic N) is 1. The summed E-state index contributed by atoms with van der Waals surface area (Å²) in [7, 11) is 0. The topological polar surface area (TPSA) is 4.93 Å². The molecule has 0 amide bonds. The van der Waals surface area contributed by atoms with Gasteiger partial charge in [-0.25, -0.2) is 0 Å². The lowest BCUT2D eigenvalue weighted by molar-refractivity contribution is 1.18. The molecular formula is C36H27BrClNS. The van der Waals surface area contributed by atoms with E-state index in [0.717, 1.165) is 20.7 Å². The molecule has 5 aromatic carbocycles. The van der Waals surface area contributed by atoms with Crippen molar-refractivity contribution in [1.29, 1.82) is 0 Å². The molecule has 1 nitrogen and oxygen atoms in total. The van der Waals surface area contributed by atoms with Crippen LogP contribution in [0.5, 0.6) is 0 Å². The van der Waals surface area contributed by atoms with E-state index in [1.807, 2.05) is 37.3 Å². The molecule has 0 radical (unpaired) electrons. The van der Waals surface area contributed by atoms with Crippen LogP contribution in [-0.4, -0.2) is 4.57 Å². The molecule has 0 fully saturated rings. The van der Waals surface area contributed by atoms with Crippen LogP contribution in [0.25, 0.3) is 59.5 Å². The Bertz CT molecular complexity index is 1920. The van der Waals surface area contributed by atoms with Crippen LogP contribution >= 0.6 is 38.9 Å². The van der Waals surface area contributed by atoms with Gasteiger partial charge in [-0.1, -0.05) is 102 Å². The molecule has 7 rings (SSSR count). The van der Waals surface area contributed by atoms with Gasteiger partial charge in [-0.2, -0.15) is 0 Å². The molecule has 0 aliphatic rings. The second-order valence-corrected chi connectivity index (χ2v) is 11.7. The molecule has 0 aliphatic carbocycles. The zero-order valence-electron chi connectivity index (χ0n) is 22.2. The smallest absolute Gasteiger partial charge is 0.0541 e. The van der Waals surface area contributed by atoms with Gasteiger partial charge in [0.15, 0.2) is 0 Å². The summed E-state index contributed by atoms with van der Waals surface area (Å²) in [6.45, 7) is 4.00. The minimum atomic E-state index is 0.748. The third-order valence-electron chi connectivity index (χ3n) is 6.98. The Morgan fingerprint density at radius 2 is 1.10 bits per heavy atom. The van der Waals surface area contributed by atoms with Gasteiger partial charge in [0.2, 0.25) is 0 Å². The molecule has 196 valence electrons. The number of hydrogen-bond acceptors (Lipinski definition) is 1. The summed E-state index contributed by atoms with van der Waals surface area (Å²) in [6, 6.07) is 45.2. The predicted octanol–water partition coefficient (Wildman–Crippen LogP) is 12.3. The lowest BCUT2D eigenvalue weighted by Crippen LogP contribution is -1.93. The van der Waals surface area contributed by atoms with Crippen LogP contribution in [0.4, 0.5) is 0 Å². The van der Waals surface area contributed by atoms with Crippen molar-refractivity contribution in [3.8, 4) is 37.7 Å². The molecule has 4 heteroatoms. The molecule has 0 bridgehead atoms. The highest BCUT2D eigenvalue weighted by Crippen LogP contribution is 2.38. The van der Waals surface area contributed by atoms with Crippen molar-refractivity contribution in [2.75, 3.05) is 0 Å². The summed E-state index contributed by atoms with van der Waals surface area (Å²) in [5.74, 6) is 0. The summed E-state index contributed by atoms with van der Waals surface area (Å²) < 4.78 is 3.43. The molecule has 0 N–H and O–H groups in total. The lowest BCUT2D eigenvalue weighted by Gasteiger charge is -2.09. The molecule has 2 heterocycles. The molecule has 2 aromatic heterocycles. The van der Waals surface area contributed by atoms with Crippen LogP contribution in [0.2, 0.25) is 5.02 Å². The van der Waals surface area contributed by atoms with Crippen molar-refractivity contribution in [3.63, 3.8) is 0 Å². The van der Waals surface area contributed by atoms with Crippen molar-refractivity contribution in [2.45, 2.75) is 13.8 Å². The molecule has 0 unspecified atom stereocenters. The third-order valence-corrected chi connectivity index (χ3v) is 8.91. The number of aromatic nitrogens is 1. The normalized spacial score (nSPS) is 11.0. The van der Waals surface area contributed by atoms with Gasteiger partial charge in [-0.05, 0) is 89.0 Å². The minimum Gasteiger partial charge on any atom is -0.309 e. The average molecular weight is 621 g/mol. The van der Waals surface area contributed by atoms with E-state index in [4.69, 9.17) is 11.6 Å². The Morgan fingerprint density at radius 3 is 1.77 bits per heavy atom. The van der Waals surface area contributed by atoms with Gasteiger partial charge in [0.05, 0.1) is 11.0 Å². The second-order valence-electron chi connectivity index (χ2n) is 9.31. The zero-order valence-corrected chi connectivity index (χ0v) is 25.4. The molecule has 0 spiro atoms. The van der Waals surface area contributed by atoms with Crippen LogP contribution in [-0.2, 0) is 0 Å². The molecule has 7 aromatic rings. The van der Waals surface area contributed by atoms with E-state index in [0.29, 0.717) is 0 Å². The van der Waals surface area contributed by atoms with E-state index in [1.165, 1.54) is 48.3 Å². The van der Waals surface area contributed by atoms with Gasteiger partial charge in [0, 0.05) is 35.7 Å². The van der Waals surface area contributed by atoms with Crippen molar-refractivity contribution in [1.82, 2.24) is 4.57 Å². The minimum absolute atomic E-state index is 0.748. The number of hydrogen-bond donors (Lipinski definition) is 0.